The Morgan fingerprint density at radius 2 is 2.27 bits per heavy atom. The second kappa shape index (κ2) is 5.34. The van der Waals surface area contributed by atoms with Crippen LogP contribution in [0.15, 0.2) is 18.3 Å². The van der Waals surface area contributed by atoms with Crippen molar-refractivity contribution in [2.75, 3.05) is 6.61 Å². The van der Waals surface area contributed by atoms with Gasteiger partial charge in [-0.3, -0.25) is 0 Å². The number of carboxylic acid groups (broad SMARTS) is 1. The minimum absolute atomic E-state index is 0.172. The standard InChI is InChI=1S/C11H15NO3/c1-8(2)5-6-15-10-4-3-9(7-12-10)11(13)14/h3-4,7-8H,5-6H2,1-2H3,(H,13,14). The third-order valence-electron chi connectivity index (χ3n) is 1.93. The van der Waals surface area contributed by atoms with E-state index in [0.717, 1.165) is 6.42 Å². The maximum atomic E-state index is 10.5. The van der Waals surface area contributed by atoms with Gasteiger partial charge in [-0.1, -0.05) is 13.8 Å². The molecule has 0 radical (unpaired) electrons. The number of rotatable bonds is 5. The predicted octanol–water partition coefficient (Wildman–Crippen LogP) is 2.20. The smallest absolute Gasteiger partial charge is 0.337 e. The molecule has 1 aromatic heterocycles. The first-order valence-electron chi connectivity index (χ1n) is 4.91. The summed E-state index contributed by atoms with van der Waals surface area (Å²) < 4.78 is 5.35. The van der Waals surface area contributed by atoms with Crippen LogP contribution >= 0.6 is 0 Å². The summed E-state index contributed by atoms with van der Waals surface area (Å²) in [5, 5.41) is 8.64. The highest BCUT2D eigenvalue weighted by Gasteiger charge is 2.03. The average Bonchev–Trinajstić information content (AvgIpc) is 2.18. The molecular weight excluding hydrogens is 194 g/mol. The summed E-state index contributed by atoms with van der Waals surface area (Å²) >= 11 is 0. The van der Waals surface area contributed by atoms with Crippen molar-refractivity contribution in [1.82, 2.24) is 4.98 Å². The highest BCUT2D eigenvalue weighted by Crippen LogP contribution is 2.09. The van der Waals surface area contributed by atoms with Crippen LogP contribution in [0.1, 0.15) is 30.6 Å². The Bertz CT molecular complexity index is 319. The van der Waals surface area contributed by atoms with Gasteiger partial charge < -0.3 is 9.84 Å². The van der Waals surface area contributed by atoms with E-state index in [1.165, 1.54) is 12.3 Å². The SMILES string of the molecule is CC(C)CCOc1ccc(C(=O)O)cn1. The molecule has 0 atom stereocenters. The molecule has 15 heavy (non-hydrogen) atoms. The van der Waals surface area contributed by atoms with Crippen LogP contribution in [0.2, 0.25) is 0 Å². The molecule has 4 heteroatoms. The third kappa shape index (κ3) is 3.97. The van der Waals surface area contributed by atoms with E-state index in [4.69, 9.17) is 9.84 Å². The lowest BCUT2D eigenvalue weighted by Gasteiger charge is -2.06. The molecule has 4 nitrogen and oxygen atoms in total. The Labute approximate surface area is 88.9 Å². The normalized spacial score (nSPS) is 10.3. The van der Waals surface area contributed by atoms with E-state index < -0.39 is 5.97 Å². The van der Waals surface area contributed by atoms with Gasteiger partial charge in [0, 0.05) is 12.3 Å². The second-order valence-electron chi connectivity index (χ2n) is 3.72. The van der Waals surface area contributed by atoms with Crippen LogP contribution in [-0.2, 0) is 0 Å². The van der Waals surface area contributed by atoms with Gasteiger partial charge in [-0.15, -0.1) is 0 Å². The molecule has 1 N–H and O–H groups in total. The highest BCUT2D eigenvalue weighted by atomic mass is 16.5. The monoisotopic (exact) mass is 209 g/mol. The first-order chi connectivity index (χ1) is 7.09. The molecule has 1 heterocycles. The van der Waals surface area contributed by atoms with Crippen molar-refractivity contribution in [3.8, 4) is 5.88 Å². The number of carboxylic acids is 1. The van der Waals surface area contributed by atoms with Crippen LogP contribution in [0.3, 0.4) is 0 Å². The van der Waals surface area contributed by atoms with Gasteiger partial charge in [-0.2, -0.15) is 0 Å². The number of pyridine rings is 1. The molecule has 0 aliphatic carbocycles. The van der Waals surface area contributed by atoms with E-state index in [0.29, 0.717) is 18.4 Å². The van der Waals surface area contributed by atoms with Crippen molar-refractivity contribution >= 4 is 5.97 Å². The Morgan fingerprint density at radius 3 is 2.73 bits per heavy atom. The number of aromatic carboxylic acids is 1. The second-order valence-corrected chi connectivity index (χ2v) is 3.72. The first-order valence-corrected chi connectivity index (χ1v) is 4.91. The van der Waals surface area contributed by atoms with Crippen LogP contribution < -0.4 is 4.74 Å². The van der Waals surface area contributed by atoms with Gasteiger partial charge in [0.2, 0.25) is 5.88 Å². The van der Waals surface area contributed by atoms with Gasteiger partial charge in [0.05, 0.1) is 12.2 Å². The maximum Gasteiger partial charge on any atom is 0.337 e. The predicted molar refractivity (Wildman–Crippen MR) is 56.1 cm³/mol. The highest BCUT2D eigenvalue weighted by molar-refractivity contribution is 5.87. The quantitative estimate of drug-likeness (QED) is 0.807. The summed E-state index contributed by atoms with van der Waals surface area (Å²) in [6, 6.07) is 3.06. The van der Waals surface area contributed by atoms with Gasteiger partial charge in [-0.25, -0.2) is 9.78 Å². The molecule has 0 amide bonds. The van der Waals surface area contributed by atoms with Crippen molar-refractivity contribution in [2.24, 2.45) is 5.92 Å². The molecule has 0 fully saturated rings. The Morgan fingerprint density at radius 1 is 1.53 bits per heavy atom. The van der Waals surface area contributed by atoms with E-state index in [1.807, 2.05) is 0 Å². The van der Waals surface area contributed by atoms with Gasteiger partial charge in [0.15, 0.2) is 0 Å². The van der Waals surface area contributed by atoms with Crippen LogP contribution in [0.5, 0.6) is 5.88 Å². The minimum Gasteiger partial charge on any atom is -0.478 e. The van der Waals surface area contributed by atoms with Crippen LogP contribution in [0.4, 0.5) is 0 Å². The number of hydrogen-bond acceptors (Lipinski definition) is 3. The van der Waals surface area contributed by atoms with Gasteiger partial charge in [-0.05, 0) is 18.4 Å². The number of hydrogen-bond donors (Lipinski definition) is 1. The van der Waals surface area contributed by atoms with Crippen molar-refractivity contribution < 1.29 is 14.6 Å². The summed E-state index contributed by atoms with van der Waals surface area (Å²) in [6.07, 6.45) is 2.26. The zero-order valence-corrected chi connectivity index (χ0v) is 8.93. The zero-order valence-electron chi connectivity index (χ0n) is 8.93. The van der Waals surface area contributed by atoms with E-state index in [-0.39, 0.29) is 5.56 Å². The lowest BCUT2D eigenvalue weighted by molar-refractivity contribution is 0.0696. The fourth-order valence-corrected chi connectivity index (χ4v) is 0.991. The third-order valence-corrected chi connectivity index (χ3v) is 1.93. The molecule has 1 aromatic rings. The Balaban J connectivity index is 2.46. The molecule has 1 rings (SSSR count). The molecule has 0 aliphatic rings. The van der Waals surface area contributed by atoms with Crippen molar-refractivity contribution in [1.29, 1.82) is 0 Å². The largest absolute Gasteiger partial charge is 0.478 e. The van der Waals surface area contributed by atoms with Crippen LogP contribution in [0, 0.1) is 5.92 Å². The summed E-state index contributed by atoms with van der Waals surface area (Å²) in [5.74, 6) is 0.0835. The molecule has 0 aliphatic heterocycles. The summed E-state index contributed by atoms with van der Waals surface area (Å²) in [6.45, 7) is 4.84. The molecule has 0 bridgehead atoms. The maximum absolute atomic E-state index is 10.5. The topological polar surface area (TPSA) is 59.4 Å². The van der Waals surface area contributed by atoms with Crippen molar-refractivity contribution in [3.05, 3.63) is 23.9 Å². The lowest BCUT2D eigenvalue weighted by atomic mass is 10.1. The molecule has 0 saturated carbocycles. The molecule has 0 spiro atoms. The zero-order chi connectivity index (χ0) is 11.3. The summed E-state index contributed by atoms with van der Waals surface area (Å²) in [5.41, 5.74) is 0.172. The van der Waals surface area contributed by atoms with Crippen LogP contribution in [0.25, 0.3) is 0 Å². The molecular formula is C11H15NO3. The Hall–Kier alpha value is -1.58. The summed E-state index contributed by atoms with van der Waals surface area (Å²) in [4.78, 5) is 14.4. The van der Waals surface area contributed by atoms with Crippen molar-refractivity contribution in [3.63, 3.8) is 0 Å². The van der Waals surface area contributed by atoms with E-state index >= 15 is 0 Å². The molecule has 0 unspecified atom stereocenters. The Kier molecular flexibility index (Phi) is 4.09. The molecule has 0 aromatic carbocycles. The number of nitrogens with zero attached hydrogens (tertiary/aromatic N) is 1. The number of ether oxygens (including phenoxy) is 1. The first kappa shape index (κ1) is 11.5. The van der Waals surface area contributed by atoms with Gasteiger partial charge >= 0.3 is 5.97 Å². The van der Waals surface area contributed by atoms with E-state index in [9.17, 15) is 4.79 Å². The minimum atomic E-state index is -0.976. The van der Waals surface area contributed by atoms with Gasteiger partial charge in [0.25, 0.3) is 0 Å². The average molecular weight is 209 g/mol. The number of carbonyl (C=O) groups is 1. The van der Waals surface area contributed by atoms with Crippen LogP contribution in [-0.4, -0.2) is 22.7 Å². The van der Waals surface area contributed by atoms with E-state index in [2.05, 4.69) is 18.8 Å². The lowest BCUT2D eigenvalue weighted by Crippen LogP contribution is -2.03. The van der Waals surface area contributed by atoms with Crippen molar-refractivity contribution in [2.45, 2.75) is 20.3 Å². The fourth-order valence-electron chi connectivity index (χ4n) is 0.991. The van der Waals surface area contributed by atoms with E-state index in [1.54, 1.807) is 6.07 Å². The molecule has 82 valence electrons. The fraction of sp³-hybridized carbons (Fsp3) is 0.455. The number of aromatic nitrogens is 1. The molecule has 0 saturated heterocycles. The summed E-state index contributed by atoms with van der Waals surface area (Å²) in [7, 11) is 0. The van der Waals surface area contributed by atoms with Gasteiger partial charge in [0.1, 0.15) is 0 Å².